The lowest BCUT2D eigenvalue weighted by atomic mass is 10.2. The summed E-state index contributed by atoms with van der Waals surface area (Å²) in [6.45, 7) is 2.99. The number of nitrogens with one attached hydrogen (secondary N) is 1. The van der Waals surface area contributed by atoms with Gasteiger partial charge in [0.05, 0.1) is 25.9 Å². The molecule has 2 rings (SSSR count). The van der Waals surface area contributed by atoms with Crippen molar-refractivity contribution >= 4 is 11.8 Å². The summed E-state index contributed by atoms with van der Waals surface area (Å²) in [7, 11) is 1.36. The number of carbonyl (C=O) groups excluding carboxylic acids is 1. The minimum atomic E-state index is -0.363. The highest BCUT2D eigenvalue weighted by Crippen LogP contribution is 2.09. The summed E-state index contributed by atoms with van der Waals surface area (Å²) in [5, 5.41) is 2.01. The van der Waals surface area contributed by atoms with E-state index in [0.717, 1.165) is 13.1 Å². The highest BCUT2D eigenvalue weighted by Gasteiger charge is 2.12. The number of pyridine rings is 1. The molecule has 0 aliphatic carbocycles. The fraction of sp³-hybridized carbons (Fsp3) is 0.455. The monoisotopic (exact) mass is 237 g/mol. The lowest BCUT2D eigenvalue weighted by Gasteiger charge is -2.27. The van der Waals surface area contributed by atoms with Gasteiger partial charge in [-0.15, -0.1) is 0 Å². The van der Waals surface area contributed by atoms with Gasteiger partial charge in [0.15, 0.2) is 0 Å². The van der Waals surface area contributed by atoms with E-state index in [0.29, 0.717) is 24.6 Å². The van der Waals surface area contributed by atoms with Gasteiger partial charge in [-0.3, -0.25) is 0 Å². The van der Waals surface area contributed by atoms with E-state index in [1.54, 1.807) is 18.3 Å². The van der Waals surface area contributed by atoms with E-state index in [2.05, 4.69) is 15.1 Å². The predicted molar refractivity (Wildman–Crippen MR) is 61.6 cm³/mol. The fourth-order valence-electron chi connectivity index (χ4n) is 1.57. The third-order valence-corrected chi connectivity index (χ3v) is 2.46. The van der Waals surface area contributed by atoms with Crippen molar-refractivity contribution in [1.29, 1.82) is 0 Å². The SMILES string of the molecule is COC(=O)c1ccnc(NN2CCOCC2)c1. The first-order valence-corrected chi connectivity index (χ1v) is 5.43. The van der Waals surface area contributed by atoms with E-state index in [1.807, 2.05) is 5.01 Å². The van der Waals surface area contributed by atoms with Gasteiger partial charge >= 0.3 is 5.97 Å². The van der Waals surface area contributed by atoms with Gasteiger partial charge in [-0.1, -0.05) is 0 Å². The standard InChI is InChI=1S/C11H15N3O3/c1-16-11(15)9-2-3-12-10(8-9)13-14-4-6-17-7-5-14/h2-3,8H,4-7H2,1H3,(H,12,13). The first-order valence-electron chi connectivity index (χ1n) is 5.43. The highest BCUT2D eigenvalue weighted by molar-refractivity contribution is 5.89. The van der Waals surface area contributed by atoms with Crippen molar-refractivity contribution in [1.82, 2.24) is 9.99 Å². The summed E-state index contributed by atoms with van der Waals surface area (Å²) in [6, 6.07) is 3.29. The van der Waals surface area contributed by atoms with Crippen LogP contribution in [0.3, 0.4) is 0 Å². The maximum Gasteiger partial charge on any atom is 0.338 e. The van der Waals surface area contributed by atoms with Crippen molar-refractivity contribution in [2.45, 2.75) is 0 Å². The summed E-state index contributed by atoms with van der Waals surface area (Å²) >= 11 is 0. The van der Waals surface area contributed by atoms with E-state index < -0.39 is 0 Å². The second kappa shape index (κ2) is 5.60. The van der Waals surface area contributed by atoms with Crippen LogP contribution in [0.15, 0.2) is 18.3 Å². The van der Waals surface area contributed by atoms with Gasteiger partial charge in [0, 0.05) is 19.3 Å². The Morgan fingerprint density at radius 1 is 1.53 bits per heavy atom. The van der Waals surface area contributed by atoms with Gasteiger partial charge < -0.3 is 14.9 Å². The largest absolute Gasteiger partial charge is 0.465 e. The quantitative estimate of drug-likeness (QED) is 0.774. The van der Waals surface area contributed by atoms with Gasteiger partial charge in [-0.05, 0) is 12.1 Å². The van der Waals surface area contributed by atoms with Crippen LogP contribution in [0.2, 0.25) is 0 Å². The topological polar surface area (TPSA) is 63.7 Å². The number of aromatic nitrogens is 1. The molecule has 1 aliphatic heterocycles. The molecular formula is C11H15N3O3. The number of carbonyl (C=O) groups is 1. The molecule has 1 aromatic heterocycles. The van der Waals surface area contributed by atoms with E-state index in [1.165, 1.54) is 7.11 Å². The molecule has 6 nitrogen and oxygen atoms in total. The van der Waals surface area contributed by atoms with Crippen LogP contribution in [0.25, 0.3) is 0 Å². The van der Waals surface area contributed by atoms with Crippen LogP contribution in [0.5, 0.6) is 0 Å². The van der Waals surface area contributed by atoms with Crippen molar-refractivity contribution in [2.75, 3.05) is 38.8 Å². The van der Waals surface area contributed by atoms with Crippen molar-refractivity contribution in [3.05, 3.63) is 23.9 Å². The Morgan fingerprint density at radius 2 is 2.29 bits per heavy atom. The molecule has 6 heteroatoms. The molecule has 0 radical (unpaired) electrons. The highest BCUT2D eigenvalue weighted by atomic mass is 16.5. The minimum absolute atomic E-state index is 0.363. The molecule has 0 atom stereocenters. The Labute approximate surface area is 99.5 Å². The van der Waals surface area contributed by atoms with E-state index in [9.17, 15) is 4.79 Å². The molecule has 2 heterocycles. The number of morpholine rings is 1. The number of ether oxygens (including phenoxy) is 2. The van der Waals surface area contributed by atoms with Crippen LogP contribution in [0.1, 0.15) is 10.4 Å². The maximum absolute atomic E-state index is 11.3. The number of rotatable bonds is 3. The molecule has 1 aliphatic rings. The summed E-state index contributed by atoms with van der Waals surface area (Å²) in [5.74, 6) is 0.271. The van der Waals surface area contributed by atoms with Crippen LogP contribution in [-0.4, -0.2) is 49.4 Å². The van der Waals surface area contributed by atoms with Crippen LogP contribution in [0.4, 0.5) is 5.82 Å². The molecule has 1 fully saturated rings. The van der Waals surface area contributed by atoms with Crippen molar-refractivity contribution < 1.29 is 14.3 Å². The van der Waals surface area contributed by atoms with Crippen molar-refractivity contribution in [2.24, 2.45) is 0 Å². The number of anilines is 1. The van der Waals surface area contributed by atoms with Crippen molar-refractivity contribution in [3.8, 4) is 0 Å². The summed E-state index contributed by atoms with van der Waals surface area (Å²) < 4.78 is 9.89. The zero-order chi connectivity index (χ0) is 12.1. The average Bonchev–Trinajstić information content (AvgIpc) is 2.39. The summed E-state index contributed by atoms with van der Waals surface area (Å²) in [6.07, 6.45) is 1.58. The molecule has 1 aromatic rings. The molecule has 1 saturated heterocycles. The van der Waals surface area contributed by atoms with E-state index in [4.69, 9.17) is 4.74 Å². The number of hydrazine groups is 1. The second-order valence-corrected chi connectivity index (χ2v) is 3.63. The molecule has 0 bridgehead atoms. The molecular weight excluding hydrogens is 222 g/mol. The molecule has 0 unspecified atom stereocenters. The van der Waals surface area contributed by atoms with Crippen LogP contribution in [-0.2, 0) is 9.47 Å². The normalized spacial score (nSPS) is 16.5. The van der Waals surface area contributed by atoms with E-state index >= 15 is 0 Å². The smallest absolute Gasteiger partial charge is 0.338 e. The number of hydrogen-bond acceptors (Lipinski definition) is 6. The third kappa shape index (κ3) is 3.15. The Kier molecular flexibility index (Phi) is 3.89. The molecule has 92 valence electrons. The zero-order valence-electron chi connectivity index (χ0n) is 9.68. The van der Waals surface area contributed by atoms with Crippen LogP contribution >= 0.6 is 0 Å². The number of nitrogens with zero attached hydrogens (tertiary/aromatic N) is 2. The first-order chi connectivity index (χ1) is 8.29. The Morgan fingerprint density at radius 3 is 3.00 bits per heavy atom. The zero-order valence-corrected chi connectivity index (χ0v) is 9.68. The first kappa shape index (κ1) is 11.8. The van der Waals surface area contributed by atoms with Crippen molar-refractivity contribution in [3.63, 3.8) is 0 Å². The van der Waals surface area contributed by atoms with Gasteiger partial charge in [0.2, 0.25) is 0 Å². The van der Waals surface area contributed by atoms with Crippen LogP contribution < -0.4 is 5.43 Å². The average molecular weight is 237 g/mol. The molecule has 1 N–H and O–H groups in total. The molecule has 0 saturated carbocycles. The summed E-state index contributed by atoms with van der Waals surface area (Å²) in [5.41, 5.74) is 3.62. The second-order valence-electron chi connectivity index (χ2n) is 3.63. The molecule has 17 heavy (non-hydrogen) atoms. The Balaban J connectivity index is 2.02. The maximum atomic E-state index is 11.3. The van der Waals surface area contributed by atoms with E-state index in [-0.39, 0.29) is 5.97 Å². The molecule has 0 amide bonds. The Hall–Kier alpha value is -1.66. The van der Waals surface area contributed by atoms with Gasteiger partial charge in [-0.25, -0.2) is 14.8 Å². The predicted octanol–water partition coefficient (Wildman–Crippen LogP) is 0.527. The number of methoxy groups -OCH3 is 1. The number of esters is 1. The third-order valence-electron chi connectivity index (χ3n) is 2.46. The van der Waals surface area contributed by atoms with Gasteiger partial charge in [0.25, 0.3) is 0 Å². The van der Waals surface area contributed by atoms with Gasteiger partial charge in [0.1, 0.15) is 5.82 Å². The minimum Gasteiger partial charge on any atom is -0.465 e. The molecule has 0 spiro atoms. The van der Waals surface area contributed by atoms with Crippen LogP contribution in [0, 0.1) is 0 Å². The fourth-order valence-corrected chi connectivity index (χ4v) is 1.57. The number of hydrogen-bond donors (Lipinski definition) is 1. The van der Waals surface area contributed by atoms with Gasteiger partial charge in [-0.2, -0.15) is 0 Å². The Bertz CT molecular complexity index is 391. The molecule has 0 aromatic carbocycles. The lowest BCUT2D eigenvalue weighted by Crippen LogP contribution is -2.40. The summed E-state index contributed by atoms with van der Waals surface area (Å²) in [4.78, 5) is 15.5. The lowest BCUT2D eigenvalue weighted by molar-refractivity contribution is 0.0494.